The van der Waals surface area contributed by atoms with E-state index in [-0.39, 0.29) is 16.8 Å². The highest BCUT2D eigenvalue weighted by Crippen LogP contribution is 2.27. The van der Waals surface area contributed by atoms with Crippen LogP contribution in [0.4, 0.5) is 0 Å². The van der Waals surface area contributed by atoms with Crippen LogP contribution in [0.25, 0.3) is 22.2 Å². The molecule has 0 saturated carbocycles. The van der Waals surface area contributed by atoms with E-state index in [0.29, 0.717) is 16.6 Å². The number of rotatable bonds is 4. The Balaban J connectivity index is 1.62. The Bertz CT molecular complexity index is 1020. The van der Waals surface area contributed by atoms with Crippen molar-refractivity contribution in [1.29, 1.82) is 0 Å². The number of thiazole rings is 1. The molecule has 1 fully saturated rings. The van der Waals surface area contributed by atoms with E-state index in [1.54, 1.807) is 10.9 Å². The summed E-state index contributed by atoms with van der Waals surface area (Å²) in [6, 6.07) is 4.45. The maximum absolute atomic E-state index is 12.7. The van der Waals surface area contributed by atoms with E-state index in [4.69, 9.17) is 13.9 Å². The summed E-state index contributed by atoms with van der Waals surface area (Å²) >= 11 is 1.37. The maximum Gasteiger partial charge on any atom is 0.229 e. The lowest BCUT2D eigenvalue weighted by molar-refractivity contribution is -0.277. The van der Waals surface area contributed by atoms with E-state index in [9.17, 15) is 25.2 Å². The van der Waals surface area contributed by atoms with Crippen molar-refractivity contribution in [2.24, 2.45) is 0 Å². The average Bonchev–Trinajstić information content (AvgIpc) is 3.23. The number of aromatic nitrogens is 1. The lowest BCUT2D eigenvalue weighted by Gasteiger charge is -2.39. The Kier molecular flexibility index (Phi) is 5.15. The second-order valence-corrected chi connectivity index (χ2v) is 7.04. The molecule has 0 unspecified atom stereocenters. The molecule has 1 aliphatic heterocycles. The van der Waals surface area contributed by atoms with Crippen LogP contribution in [-0.4, -0.2) is 62.7 Å². The van der Waals surface area contributed by atoms with Crippen molar-refractivity contribution in [1.82, 2.24) is 4.98 Å². The Labute approximate surface area is 162 Å². The Morgan fingerprint density at radius 1 is 1.18 bits per heavy atom. The number of hydrogen-bond donors (Lipinski definition) is 4. The lowest BCUT2D eigenvalue weighted by Crippen LogP contribution is -2.60. The van der Waals surface area contributed by atoms with Crippen LogP contribution in [-0.2, 0) is 4.74 Å². The first-order chi connectivity index (χ1) is 13.5. The van der Waals surface area contributed by atoms with Gasteiger partial charge in [0.25, 0.3) is 0 Å². The average molecular weight is 407 g/mol. The second-order valence-electron chi connectivity index (χ2n) is 6.33. The summed E-state index contributed by atoms with van der Waals surface area (Å²) in [6.45, 7) is -0.559. The molecule has 148 valence electrons. The Morgan fingerprint density at radius 2 is 2.00 bits per heavy atom. The molecule has 0 amide bonds. The zero-order valence-corrected chi connectivity index (χ0v) is 15.2. The molecule has 4 N–H and O–H groups in total. The minimum absolute atomic E-state index is 0.210. The molecular weight excluding hydrogens is 390 g/mol. The third-order valence-corrected chi connectivity index (χ3v) is 5.14. The number of nitrogens with zero attached hydrogens (tertiary/aromatic N) is 1. The van der Waals surface area contributed by atoms with Gasteiger partial charge in [-0.2, -0.15) is 0 Å². The van der Waals surface area contributed by atoms with Gasteiger partial charge in [0.2, 0.25) is 11.7 Å². The fourth-order valence-electron chi connectivity index (χ4n) is 3.00. The van der Waals surface area contributed by atoms with E-state index in [2.05, 4.69) is 4.98 Å². The zero-order chi connectivity index (χ0) is 19.8. The predicted molar refractivity (Wildman–Crippen MR) is 98.0 cm³/mol. The van der Waals surface area contributed by atoms with Gasteiger partial charge >= 0.3 is 0 Å². The van der Waals surface area contributed by atoms with Crippen LogP contribution in [0.1, 0.15) is 0 Å². The molecular formula is C18H17NO8S. The van der Waals surface area contributed by atoms with Crippen molar-refractivity contribution in [3.8, 4) is 17.0 Å². The van der Waals surface area contributed by atoms with Crippen molar-refractivity contribution in [2.75, 3.05) is 6.61 Å². The van der Waals surface area contributed by atoms with E-state index in [1.165, 1.54) is 35.8 Å². The summed E-state index contributed by atoms with van der Waals surface area (Å²) in [7, 11) is 0. The molecule has 3 heterocycles. The normalized spacial score (nSPS) is 27.8. The van der Waals surface area contributed by atoms with Crippen LogP contribution in [0.5, 0.6) is 5.75 Å². The predicted octanol–water partition coefficient (Wildman–Crippen LogP) is 0.0952. The standard InChI is InChI=1S/C18H17NO8S/c20-4-13-15(22)16(23)17(24)18(27-13)26-8-1-2-9-12(3-8)25-5-10(14(9)21)11-6-28-7-19-11/h1-3,5-7,13,15-18,20,22-24H,4H2/t13-,15+,16+,17-,18+/m0/s1. The van der Waals surface area contributed by atoms with Gasteiger partial charge in [-0.1, -0.05) is 0 Å². The highest BCUT2D eigenvalue weighted by atomic mass is 32.1. The topological polar surface area (TPSA) is 142 Å². The van der Waals surface area contributed by atoms with E-state index < -0.39 is 37.3 Å². The van der Waals surface area contributed by atoms with Gasteiger partial charge in [0.15, 0.2) is 0 Å². The number of hydrogen-bond acceptors (Lipinski definition) is 10. The van der Waals surface area contributed by atoms with Gasteiger partial charge < -0.3 is 34.3 Å². The molecule has 28 heavy (non-hydrogen) atoms. The summed E-state index contributed by atoms with van der Waals surface area (Å²) in [6.07, 6.45) is -5.64. The lowest BCUT2D eigenvalue weighted by atomic mass is 9.99. The molecule has 1 saturated heterocycles. The third kappa shape index (κ3) is 3.30. The summed E-state index contributed by atoms with van der Waals surface area (Å²) in [5.41, 5.74) is 2.51. The molecule has 9 nitrogen and oxygen atoms in total. The van der Waals surface area contributed by atoms with Crippen LogP contribution in [0, 0.1) is 0 Å². The first-order valence-electron chi connectivity index (χ1n) is 8.41. The molecule has 3 aromatic rings. The van der Waals surface area contributed by atoms with Gasteiger partial charge in [0, 0.05) is 11.4 Å². The van der Waals surface area contributed by atoms with E-state index in [1.807, 2.05) is 0 Å². The van der Waals surface area contributed by atoms with Gasteiger partial charge in [-0.15, -0.1) is 11.3 Å². The highest BCUT2D eigenvalue weighted by Gasteiger charge is 2.44. The fraction of sp³-hybridized carbons (Fsp3) is 0.333. The summed E-state index contributed by atoms with van der Waals surface area (Å²) in [4.78, 5) is 16.8. The number of fused-ring (bicyclic) bond motifs is 1. The Morgan fingerprint density at radius 3 is 2.71 bits per heavy atom. The molecule has 1 aliphatic rings. The first-order valence-corrected chi connectivity index (χ1v) is 9.35. The SMILES string of the molecule is O=c1c(-c2cscn2)coc2cc(O[C@@H]3O[C@@H](CO)[C@@H](O)[C@@H](O)[C@@H]3O)ccc12. The molecule has 1 aromatic carbocycles. The van der Waals surface area contributed by atoms with Crippen molar-refractivity contribution in [2.45, 2.75) is 30.7 Å². The number of aliphatic hydroxyl groups excluding tert-OH is 4. The van der Waals surface area contributed by atoms with Crippen molar-refractivity contribution >= 4 is 22.3 Å². The summed E-state index contributed by atoms with van der Waals surface area (Å²) in [5.74, 6) is 0.210. The minimum atomic E-state index is -1.55. The van der Waals surface area contributed by atoms with Crippen molar-refractivity contribution in [3.63, 3.8) is 0 Å². The van der Waals surface area contributed by atoms with Gasteiger partial charge in [0.1, 0.15) is 42.0 Å². The molecule has 0 radical (unpaired) electrons. The number of aliphatic hydroxyl groups is 4. The number of ether oxygens (including phenoxy) is 2. The first kappa shape index (κ1) is 19.0. The van der Waals surface area contributed by atoms with E-state index in [0.717, 1.165) is 0 Å². The molecule has 10 heteroatoms. The molecule has 0 aliphatic carbocycles. The van der Waals surface area contributed by atoms with Crippen LogP contribution >= 0.6 is 11.3 Å². The van der Waals surface area contributed by atoms with Gasteiger partial charge in [-0.3, -0.25) is 4.79 Å². The quantitative estimate of drug-likeness (QED) is 0.473. The smallest absolute Gasteiger partial charge is 0.229 e. The van der Waals surface area contributed by atoms with Gasteiger partial charge in [-0.25, -0.2) is 4.98 Å². The molecule has 2 aromatic heterocycles. The van der Waals surface area contributed by atoms with E-state index >= 15 is 0 Å². The minimum Gasteiger partial charge on any atom is -0.463 e. The van der Waals surface area contributed by atoms with Crippen LogP contribution in [0.3, 0.4) is 0 Å². The maximum atomic E-state index is 12.7. The van der Waals surface area contributed by atoms with Crippen LogP contribution in [0.15, 0.2) is 44.6 Å². The third-order valence-electron chi connectivity index (χ3n) is 4.56. The molecule has 0 bridgehead atoms. The van der Waals surface area contributed by atoms with Crippen LogP contribution < -0.4 is 10.2 Å². The van der Waals surface area contributed by atoms with Gasteiger partial charge in [0.05, 0.1) is 28.8 Å². The monoisotopic (exact) mass is 407 g/mol. The summed E-state index contributed by atoms with van der Waals surface area (Å²) in [5, 5.41) is 41.0. The largest absolute Gasteiger partial charge is 0.463 e. The van der Waals surface area contributed by atoms with Crippen molar-refractivity contribution < 1.29 is 34.3 Å². The number of benzene rings is 1. The molecule has 0 spiro atoms. The van der Waals surface area contributed by atoms with Crippen LogP contribution in [0.2, 0.25) is 0 Å². The molecule has 4 rings (SSSR count). The fourth-order valence-corrected chi connectivity index (χ4v) is 3.56. The highest BCUT2D eigenvalue weighted by molar-refractivity contribution is 7.07. The zero-order valence-electron chi connectivity index (χ0n) is 14.3. The second kappa shape index (κ2) is 7.59. The van der Waals surface area contributed by atoms with Gasteiger partial charge in [-0.05, 0) is 12.1 Å². The molecule has 5 atom stereocenters. The Hall–Kier alpha value is -2.34. The summed E-state index contributed by atoms with van der Waals surface area (Å²) < 4.78 is 16.4. The van der Waals surface area contributed by atoms with Crippen molar-refractivity contribution in [3.05, 3.63) is 45.6 Å².